The molecule has 0 bridgehead atoms. The van der Waals surface area contributed by atoms with Crippen LogP contribution in [0.25, 0.3) is 0 Å². The van der Waals surface area contributed by atoms with Crippen LogP contribution in [0.2, 0.25) is 5.02 Å². The van der Waals surface area contributed by atoms with E-state index in [9.17, 15) is 4.79 Å². The minimum atomic E-state index is -0.790. The number of rotatable bonds is 5. The van der Waals surface area contributed by atoms with Crippen molar-refractivity contribution in [1.29, 1.82) is 0 Å². The Kier molecular flexibility index (Phi) is 4.64. The summed E-state index contributed by atoms with van der Waals surface area (Å²) in [6, 6.07) is 12.9. The van der Waals surface area contributed by atoms with Gasteiger partial charge in [0.05, 0.1) is 0 Å². The molecular formula is C16H15ClO3. The summed E-state index contributed by atoms with van der Waals surface area (Å²) >= 11 is 5.96. The largest absolute Gasteiger partial charge is 0.481 e. The van der Waals surface area contributed by atoms with Crippen molar-refractivity contribution in [3.8, 4) is 11.5 Å². The topological polar surface area (TPSA) is 46.5 Å². The number of ether oxygens (including phenoxy) is 1. The molecule has 0 heterocycles. The highest BCUT2D eigenvalue weighted by Gasteiger charge is 2.02. The summed E-state index contributed by atoms with van der Waals surface area (Å²) in [4.78, 5) is 10.5. The first-order valence-electron chi connectivity index (χ1n) is 6.29. The van der Waals surface area contributed by atoms with Crippen molar-refractivity contribution in [2.24, 2.45) is 0 Å². The molecule has 0 aliphatic carbocycles. The van der Waals surface area contributed by atoms with E-state index >= 15 is 0 Å². The van der Waals surface area contributed by atoms with Crippen LogP contribution in [0, 0.1) is 6.92 Å². The van der Waals surface area contributed by atoms with Crippen molar-refractivity contribution < 1.29 is 14.6 Å². The van der Waals surface area contributed by atoms with E-state index in [1.165, 1.54) is 0 Å². The van der Waals surface area contributed by atoms with E-state index in [4.69, 9.17) is 21.4 Å². The Labute approximate surface area is 122 Å². The molecule has 0 aliphatic rings. The van der Waals surface area contributed by atoms with Gasteiger partial charge in [-0.3, -0.25) is 4.79 Å². The molecule has 2 aromatic carbocycles. The van der Waals surface area contributed by atoms with E-state index in [1.54, 1.807) is 6.07 Å². The number of carbonyl (C=O) groups is 1. The summed E-state index contributed by atoms with van der Waals surface area (Å²) in [5, 5.41) is 9.35. The number of aryl methyl sites for hydroxylation is 2. The van der Waals surface area contributed by atoms with Crippen LogP contribution in [-0.4, -0.2) is 11.1 Å². The molecule has 0 aromatic heterocycles. The van der Waals surface area contributed by atoms with Crippen molar-refractivity contribution in [3.05, 3.63) is 58.6 Å². The van der Waals surface area contributed by atoms with Gasteiger partial charge in [-0.15, -0.1) is 0 Å². The van der Waals surface area contributed by atoms with Gasteiger partial charge in [0, 0.05) is 11.4 Å². The molecule has 0 spiro atoms. The second-order valence-corrected chi connectivity index (χ2v) is 4.96. The molecule has 0 fully saturated rings. The van der Waals surface area contributed by atoms with Gasteiger partial charge in [0.25, 0.3) is 0 Å². The Hall–Kier alpha value is -2.00. The number of hydrogen-bond acceptors (Lipinski definition) is 2. The van der Waals surface area contributed by atoms with E-state index < -0.39 is 5.97 Å². The van der Waals surface area contributed by atoms with Gasteiger partial charge in [-0.05, 0) is 54.8 Å². The third-order valence-corrected chi connectivity index (χ3v) is 3.34. The maximum atomic E-state index is 10.5. The lowest BCUT2D eigenvalue weighted by molar-refractivity contribution is -0.136. The zero-order valence-corrected chi connectivity index (χ0v) is 11.9. The lowest BCUT2D eigenvalue weighted by Gasteiger charge is -2.08. The standard InChI is InChI=1S/C16H15ClO3/c1-11-10-14(7-8-15(11)17)20-13-5-2-12(3-6-13)4-9-16(18)19/h2-3,5-8,10H,4,9H2,1H3,(H,18,19). The normalized spacial score (nSPS) is 10.3. The van der Waals surface area contributed by atoms with Gasteiger partial charge in [0.15, 0.2) is 0 Å². The molecule has 0 aliphatic heterocycles. The van der Waals surface area contributed by atoms with Crippen molar-refractivity contribution in [3.63, 3.8) is 0 Å². The number of halogens is 1. The van der Waals surface area contributed by atoms with Crippen LogP contribution in [0.15, 0.2) is 42.5 Å². The molecule has 2 aromatic rings. The Morgan fingerprint density at radius 2 is 1.80 bits per heavy atom. The molecule has 0 amide bonds. The van der Waals surface area contributed by atoms with Gasteiger partial charge in [-0.2, -0.15) is 0 Å². The molecule has 0 saturated heterocycles. The zero-order valence-electron chi connectivity index (χ0n) is 11.1. The summed E-state index contributed by atoms with van der Waals surface area (Å²) in [5.41, 5.74) is 1.94. The summed E-state index contributed by atoms with van der Waals surface area (Å²) < 4.78 is 5.72. The highest BCUT2D eigenvalue weighted by Crippen LogP contribution is 2.26. The second-order valence-electron chi connectivity index (χ2n) is 4.55. The summed E-state index contributed by atoms with van der Waals surface area (Å²) in [6.45, 7) is 1.92. The fourth-order valence-electron chi connectivity index (χ4n) is 1.79. The lowest BCUT2D eigenvalue weighted by atomic mass is 10.1. The van der Waals surface area contributed by atoms with Gasteiger partial charge in [0.1, 0.15) is 11.5 Å². The van der Waals surface area contributed by atoms with Crippen molar-refractivity contribution in [1.82, 2.24) is 0 Å². The molecule has 1 N–H and O–H groups in total. The summed E-state index contributed by atoms with van der Waals surface area (Å²) in [6.07, 6.45) is 0.659. The Bertz CT molecular complexity index is 606. The third kappa shape index (κ3) is 4.00. The van der Waals surface area contributed by atoms with Gasteiger partial charge >= 0.3 is 5.97 Å². The number of carboxylic acid groups (broad SMARTS) is 1. The van der Waals surface area contributed by atoms with Crippen molar-refractivity contribution in [2.45, 2.75) is 19.8 Å². The van der Waals surface area contributed by atoms with Crippen LogP contribution >= 0.6 is 11.6 Å². The third-order valence-electron chi connectivity index (χ3n) is 2.92. The lowest BCUT2D eigenvalue weighted by Crippen LogP contribution is -1.97. The first-order chi connectivity index (χ1) is 9.54. The SMILES string of the molecule is Cc1cc(Oc2ccc(CCC(=O)O)cc2)ccc1Cl. The van der Waals surface area contributed by atoms with E-state index in [0.717, 1.165) is 16.9 Å². The minimum Gasteiger partial charge on any atom is -0.481 e. The molecular weight excluding hydrogens is 276 g/mol. The van der Waals surface area contributed by atoms with Gasteiger partial charge < -0.3 is 9.84 Å². The van der Waals surface area contributed by atoms with Crippen LogP contribution in [0.3, 0.4) is 0 Å². The smallest absolute Gasteiger partial charge is 0.303 e. The van der Waals surface area contributed by atoms with Crippen LogP contribution in [-0.2, 0) is 11.2 Å². The predicted octanol–water partition coefficient (Wildman–Crippen LogP) is 4.46. The van der Waals surface area contributed by atoms with Crippen LogP contribution in [0.1, 0.15) is 17.5 Å². The monoisotopic (exact) mass is 290 g/mol. The zero-order chi connectivity index (χ0) is 14.5. The molecule has 104 valence electrons. The van der Waals surface area contributed by atoms with E-state index in [0.29, 0.717) is 17.2 Å². The number of hydrogen-bond donors (Lipinski definition) is 1. The number of aliphatic carboxylic acids is 1. The van der Waals surface area contributed by atoms with Crippen LogP contribution in [0.4, 0.5) is 0 Å². The molecule has 3 nitrogen and oxygen atoms in total. The molecule has 0 radical (unpaired) electrons. The van der Waals surface area contributed by atoms with Crippen LogP contribution < -0.4 is 4.74 Å². The maximum Gasteiger partial charge on any atom is 0.303 e. The fourth-order valence-corrected chi connectivity index (χ4v) is 1.91. The van der Waals surface area contributed by atoms with E-state index in [1.807, 2.05) is 43.3 Å². The van der Waals surface area contributed by atoms with E-state index in [2.05, 4.69) is 0 Å². The fraction of sp³-hybridized carbons (Fsp3) is 0.188. The van der Waals surface area contributed by atoms with Crippen molar-refractivity contribution >= 4 is 17.6 Å². The first kappa shape index (κ1) is 14.4. The molecule has 2 rings (SSSR count). The molecule has 0 atom stereocenters. The van der Waals surface area contributed by atoms with Gasteiger partial charge in [0.2, 0.25) is 0 Å². The molecule has 0 unspecified atom stereocenters. The van der Waals surface area contributed by atoms with E-state index in [-0.39, 0.29) is 6.42 Å². The van der Waals surface area contributed by atoms with Gasteiger partial charge in [-0.25, -0.2) is 0 Å². The molecule has 0 saturated carbocycles. The quantitative estimate of drug-likeness (QED) is 0.884. The predicted molar refractivity (Wildman–Crippen MR) is 78.7 cm³/mol. The first-order valence-corrected chi connectivity index (χ1v) is 6.67. The number of carboxylic acids is 1. The number of benzene rings is 2. The Morgan fingerprint density at radius 3 is 2.40 bits per heavy atom. The minimum absolute atomic E-state index is 0.135. The molecule has 4 heteroatoms. The highest BCUT2D eigenvalue weighted by atomic mass is 35.5. The van der Waals surface area contributed by atoms with Crippen molar-refractivity contribution in [2.75, 3.05) is 0 Å². The van der Waals surface area contributed by atoms with Gasteiger partial charge in [-0.1, -0.05) is 23.7 Å². The Balaban J connectivity index is 2.02. The van der Waals surface area contributed by atoms with Crippen LogP contribution in [0.5, 0.6) is 11.5 Å². The summed E-state index contributed by atoms with van der Waals surface area (Å²) in [7, 11) is 0. The average molecular weight is 291 g/mol. The highest BCUT2D eigenvalue weighted by molar-refractivity contribution is 6.31. The summed E-state index contributed by atoms with van der Waals surface area (Å²) in [5.74, 6) is 0.651. The second kappa shape index (κ2) is 6.44. The average Bonchev–Trinajstić information content (AvgIpc) is 2.42. The Morgan fingerprint density at radius 1 is 1.15 bits per heavy atom. The maximum absolute atomic E-state index is 10.5. The molecule has 20 heavy (non-hydrogen) atoms.